The van der Waals surface area contributed by atoms with E-state index >= 15 is 0 Å². The van der Waals surface area contributed by atoms with Crippen LogP contribution in [0, 0.1) is 0 Å². The fourth-order valence-electron chi connectivity index (χ4n) is 1.62. The second kappa shape index (κ2) is 4.93. The quantitative estimate of drug-likeness (QED) is 0.867. The largest absolute Gasteiger partial charge is 0.495 e. The van der Waals surface area contributed by atoms with Crippen molar-refractivity contribution in [3.05, 3.63) is 27.2 Å². The number of hydrogen-bond acceptors (Lipinski definition) is 4. The average molecular weight is 302 g/mol. The SMILES string of the molecule is COCCn1c(=O)oc2cc(Br)c(OC)cc21. The molecule has 0 aliphatic heterocycles. The second-order valence-corrected chi connectivity index (χ2v) is 4.32. The monoisotopic (exact) mass is 301 g/mol. The highest BCUT2D eigenvalue weighted by atomic mass is 79.9. The number of aromatic nitrogens is 1. The van der Waals surface area contributed by atoms with Crippen molar-refractivity contribution >= 4 is 27.0 Å². The molecule has 5 nitrogen and oxygen atoms in total. The molecule has 6 heteroatoms. The number of nitrogens with zero attached hydrogens (tertiary/aromatic N) is 1. The van der Waals surface area contributed by atoms with Crippen LogP contribution in [0.1, 0.15) is 0 Å². The third-order valence-corrected chi connectivity index (χ3v) is 3.08. The number of fused-ring (bicyclic) bond motifs is 1. The van der Waals surface area contributed by atoms with Crippen molar-refractivity contribution in [2.24, 2.45) is 0 Å². The summed E-state index contributed by atoms with van der Waals surface area (Å²) in [5.41, 5.74) is 1.23. The molecule has 0 spiro atoms. The van der Waals surface area contributed by atoms with E-state index in [2.05, 4.69) is 15.9 Å². The Labute approximate surface area is 106 Å². The van der Waals surface area contributed by atoms with Crippen molar-refractivity contribution in [1.82, 2.24) is 4.57 Å². The zero-order chi connectivity index (χ0) is 12.4. The Kier molecular flexibility index (Phi) is 3.54. The van der Waals surface area contributed by atoms with Gasteiger partial charge in [0.25, 0.3) is 0 Å². The van der Waals surface area contributed by atoms with Crippen LogP contribution in [0.4, 0.5) is 0 Å². The van der Waals surface area contributed by atoms with Crippen molar-refractivity contribution < 1.29 is 13.9 Å². The first-order valence-electron chi connectivity index (χ1n) is 5.03. The first-order valence-corrected chi connectivity index (χ1v) is 5.82. The molecule has 0 bridgehead atoms. The molecule has 92 valence electrons. The fraction of sp³-hybridized carbons (Fsp3) is 0.364. The van der Waals surface area contributed by atoms with Gasteiger partial charge in [-0.15, -0.1) is 0 Å². The highest BCUT2D eigenvalue weighted by Gasteiger charge is 2.12. The van der Waals surface area contributed by atoms with Crippen LogP contribution in [-0.4, -0.2) is 25.4 Å². The van der Waals surface area contributed by atoms with E-state index in [1.54, 1.807) is 26.4 Å². The van der Waals surface area contributed by atoms with E-state index in [4.69, 9.17) is 13.9 Å². The molecule has 0 atom stereocenters. The minimum absolute atomic E-state index is 0.391. The molecule has 0 saturated heterocycles. The second-order valence-electron chi connectivity index (χ2n) is 3.47. The molecule has 2 rings (SSSR count). The lowest BCUT2D eigenvalue weighted by molar-refractivity contribution is 0.186. The van der Waals surface area contributed by atoms with Gasteiger partial charge in [-0.05, 0) is 15.9 Å². The van der Waals surface area contributed by atoms with Crippen LogP contribution in [-0.2, 0) is 11.3 Å². The molecule has 0 aliphatic carbocycles. The van der Waals surface area contributed by atoms with Gasteiger partial charge in [0, 0.05) is 19.2 Å². The fourth-order valence-corrected chi connectivity index (χ4v) is 2.10. The Morgan fingerprint density at radius 3 is 2.82 bits per heavy atom. The summed E-state index contributed by atoms with van der Waals surface area (Å²) >= 11 is 3.34. The van der Waals surface area contributed by atoms with E-state index in [0.717, 1.165) is 4.47 Å². The molecule has 2 aromatic rings. The van der Waals surface area contributed by atoms with Gasteiger partial charge in [-0.1, -0.05) is 0 Å². The van der Waals surface area contributed by atoms with E-state index in [-0.39, 0.29) is 0 Å². The van der Waals surface area contributed by atoms with Gasteiger partial charge in [0.15, 0.2) is 5.58 Å². The maximum Gasteiger partial charge on any atom is 0.420 e. The van der Waals surface area contributed by atoms with Gasteiger partial charge < -0.3 is 13.9 Å². The van der Waals surface area contributed by atoms with Crippen LogP contribution in [0.15, 0.2) is 25.8 Å². The molecule has 0 unspecified atom stereocenters. The number of ether oxygens (including phenoxy) is 2. The molecule has 0 N–H and O–H groups in total. The van der Waals surface area contributed by atoms with Gasteiger partial charge in [0.05, 0.1) is 30.3 Å². The highest BCUT2D eigenvalue weighted by Crippen LogP contribution is 2.29. The van der Waals surface area contributed by atoms with Gasteiger partial charge >= 0.3 is 5.76 Å². The molecule has 1 aromatic heterocycles. The predicted octanol–water partition coefficient (Wildman–Crippen LogP) is 2.01. The Morgan fingerprint density at radius 1 is 1.41 bits per heavy atom. The van der Waals surface area contributed by atoms with Gasteiger partial charge in [-0.3, -0.25) is 4.57 Å². The van der Waals surface area contributed by atoms with E-state index in [0.29, 0.717) is 30.0 Å². The molecule has 17 heavy (non-hydrogen) atoms. The molecule has 0 fully saturated rings. The maximum absolute atomic E-state index is 11.6. The van der Waals surface area contributed by atoms with Crippen LogP contribution in [0.2, 0.25) is 0 Å². The molecule has 0 aliphatic rings. The Bertz CT molecular complexity index is 587. The summed E-state index contributed by atoms with van der Waals surface area (Å²) in [5.74, 6) is 0.265. The number of benzene rings is 1. The lowest BCUT2D eigenvalue weighted by Gasteiger charge is -2.04. The molecule has 1 aromatic carbocycles. The highest BCUT2D eigenvalue weighted by molar-refractivity contribution is 9.10. The lowest BCUT2D eigenvalue weighted by Crippen LogP contribution is -2.16. The number of halogens is 1. The number of rotatable bonds is 4. The number of oxazole rings is 1. The Hall–Kier alpha value is -1.27. The maximum atomic E-state index is 11.6. The van der Waals surface area contributed by atoms with Crippen molar-refractivity contribution in [3.63, 3.8) is 0 Å². The van der Waals surface area contributed by atoms with Crippen LogP contribution in [0.3, 0.4) is 0 Å². The van der Waals surface area contributed by atoms with Gasteiger partial charge in [-0.2, -0.15) is 0 Å². The smallest absolute Gasteiger partial charge is 0.420 e. The third-order valence-electron chi connectivity index (χ3n) is 2.46. The lowest BCUT2D eigenvalue weighted by atomic mass is 10.3. The van der Waals surface area contributed by atoms with E-state index < -0.39 is 5.76 Å². The van der Waals surface area contributed by atoms with Crippen LogP contribution >= 0.6 is 15.9 Å². The van der Waals surface area contributed by atoms with Crippen molar-refractivity contribution in [3.8, 4) is 5.75 Å². The molecule has 0 amide bonds. The first kappa shape index (κ1) is 12.2. The standard InChI is InChI=1S/C11H12BrNO4/c1-15-4-3-13-8-6-9(16-2)7(12)5-10(8)17-11(13)14/h5-6H,3-4H2,1-2H3. The van der Waals surface area contributed by atoms with E-state index in [1.807, 2.05) is 0 Å². The third kappa shape index (κ3) is 2.23. The zero-order valence-corrected chi connectivity index (χ0v) is 11.1. The Morgan fingerprint density at radius 2 is 2.18 bits per heavy atom. The summed E-state index contributed by atoms with van der Waals surface area (Å²) in [6.45, 7) is 0.903. The molecule has 0 radical (unpaired) electrons. The summed E-state index contributed by atoms with van der Waals surface area (Å²) in [5, 5.41) is 0. The normalized spacial score (nSPS) is 11.0. The minimum Gasteiger partial charge on any atom is -0.495 e. The number of hydrogen-bond donors (Lipinski definition) is 0. The topological polar surface area (TPSA) is 53.6 Å². The summed E-state index contributed by atoms with van der Waals surface area (Å²) in [6.07, 6.45) is 0. The zero-order valence-electron chi connectivity index (χ0n) is 9.53. The van der Waals surface area contributed by atoms with Crippen molar-refractivity contribution in [2.75, 3.05) is 20.8 Å². The molecular weight excluding hydrogens is 290 g/mol. The molecule has 1 heterocycles. The van der Waals surface area contributed by atoms with Gasteiger partial charge in [0.2, 0.25) is 0 Å². The van der Waals surface area contributed by atoms with Gasteiger partial charge in [0.1, 0.15) is 5.75 Å². The Balaban J connectivity index is 2.59. The average Bonchev–Trinajstić information content (AvgIpc) is 2.60. The van der Waals surface area contributed by atoms with Crippen LogP contribution in [0.5, 0.6) is 5.75 Å². The summed E-state index contributed by atoms with van der Waals surface area (Å²) in [4.78, 5) is 11.6. The van der Waals surface area contributed by atoms with E-state index in [1.165, 1.54) is 4.57 Å². The molecule has 0 saturated carbocycles. The summed E-state index contributed by atoms with van der Waals surface area (Å²) in [6, 6.07) is 3.48. The molecular formula is C11H12BrNO4. The predicted molar refractivity (Wildman–Crippen MR) is 66.6 cm³/mol. The first-order chi connectivity index (χ1) is 8.17. The van der Waals surface area contributed by atoms with Gasteiger partial charge in [-0.25, -0.2) is 4.79 Å². The summed E-state index contributed by atoms with van der Waals surface area (Å²) < 4.78 is 17.6. The van der Waals surface area contributed by atoms with E-state index in [9.17, 15) is 4.79 Å². The number of methoxy groups -OCH3 is 2. The van der Waals surface area contributed by atoms with Crippen molar-refractivity contribution in [1.29, 1.82) is 0 Å². The van der Waals surface area contributed by atoms with Crippen molar-refractivity contribution in [2.45, 2.75) is 6.54 Å². The summed E-state index contributed by atoms with van der Waals surface area (Å²) in [7, 11) is 3.16. The minimum atomic E-state index is -0.391. The van der Waals surface area contributed by atoms with Crippen LogP contribution < -0.4 is 10.5 Å². The van der Waals surface area contributed by atoms with Crippen LogP contribution in [0.25, 0.3) is 11.1 Å².